The van der Waals surface area contributed by atoms with Crippen LogP contribution in [0, 0.1) is 6.92 Å². The lowest BCUT2D eigenvalue weighted by Crippen LogP contribution is -2.08. The standard InChI is InChI=1S/C16H21N3/c1-10(2)19-15(17)14(18-16(19)13-8-9-13)12-6-4-11(3)5-7-12/h4-7,10,13H,8-9,17H2,1-3H3. The van der Waals surface area contributed by atoms with Crippen LogP contribution in [-0.2, 0) is 0 Å². The molecule has 2 aromatic rings. The summed E-state index contributed by atoms with van der Waals surface area (Å²) in [7, 11) is 0. The Balaban J connectivity index is 2.11. The topological polar surface area (TPSA) is 43.8 Å². The van der Waals surface area contributed by atoms with Gasteiger partial charge in [0.25, 0.3) is 0 Å². The lowest BCUT2D eigenvalue weighted by atomic mass is 10.1. The molecule has 0 bridgehead atoms. The van der Waals surface area contributed by atoms with Gasteiger partial charge in [-0.3, -0.25) is 0 Å². The highest BCUT2D eigenvalue weighted by molar-refractivity contribution is 5.71. The molecule has 1 fully saturated rings. The van der Waals surface area contributed by atoms with Crippen molar-refractivity contribution in [1.29, 1.82) is 0 Å². The fourth-order valence-corrected chi connectivity index (χ4v) is 2.56. The third-order valence-corrected chi connectivity index (χ3v) is 3.76. The molecule has 100 valence electrons. The van der Waals surface area contributed by atoms with Crippen LogP contribution in [0.2, 0.25) is 0 Å². The Labute approximate surface area is 114 Å². The number of aryl methyl sites for hydroxylation is 1. The molecular formula is C16H21N3. The largest absolute Gasteiger partial charge is 0.383 e. The minimum absolute atomic E-state index is 0.363. The molecular weight excluding hydrogens is 234 g/mol. The van der Waals surface area contributed by atoms with Crippen LogP contribution in [0.3, 0.4) is 0 Å². The maximum absolute atomic E-state index is 6.34. The first kappa shape index (κ1) is 12.3. The average Bonchev–Trinajstić information content (AvgIpc) is 3.14. The third-order valence-electron chi connectivity index (χ3n) is 3.76. The van der Waals surface area contributed by atoms with Crippen LogP contribution >= 0.6 is 0 Å². The molecule has 3 rings (SSSR count). The Morgan fingerprint density at radius 2 is 1.84 bits per heavy atom. The van der Waals surface area contributed by atoms with E-state index in [1.54, 1.807) is 0 Å². The molecule has 3 nitrogen and oxygen atoms in total. The zero-order chi connectivity index (χ0) is 13.6. The van der Waals surface area contributed by atoms with E-state index in [9.17, 15) is 0 Å². The molecule has 0 amide bonds. The second-order valence-corrected chi connectivity index (χ2v) is 5.81. The zero-order valence-corrected chi connectivity index (χ0v) is 11.9. The summed E-state index contributed by atoms with van der Waals surface area (Å²) < 4.78 is 2.20. The first-order chi connectivity index (χ1) is 9.08. The van der Waals surface area contributed by atoms with Gasteiger partial charge in [-0.1, -0.05) is 29.8 Å². The first-order valence-corrected chi connectivity index (χ1v) is 7.02. The van der Waals surface area contributed by atoms with E-state index in [0.717, 1.165) is 17.1 Å². The van der Waals surface area contributed by atoms with Crippen molar-refractivity contribution in [2.45, 2.75) is 45.6 Å². The number of nitrogens with two attached hydrogens (primary N) is 1. The highest BCUT2D eigenvalue weighted by Gasteiger charge is 2.31. The maximum atomic E-state index is 6.34. The highest BCUT2D eigenvalue weighted by Crippen LogP contribution is 2.43. The van der Waals surface area contributed by atoms with E-state index in [0.29, 0.717) is 12.0 Å². The summed E-state index contributed by atoms with van der Waals surface area (Å²) in [5.41, 5.74) is 9.65. The number of nitrogens with zero attached hydrogens (tertiary/aromatic N) is 2. The van der Waals surface area contributed by atoms with Crippen molar-refractivity contribution in [3.63, 3.8) is 0 Å². The quantitative estimate of drug-likeness (QED) is 0.904. The fourth-order valence-electron chi connectivity index (χ4n) is 2.56. The van der Waals surface area contributed by atoms with Crippen molar-refractivity contribution in [3.8, 4) is 11.3 Å². The summed E-state index contributed by atoms with van der Waals surface area (Å²) in [5, 5.41) is 0. The Morgan fingerprint density at radius 1 is 1.21 bits per heavy atom. The van der Waals surface area contributed by atoms with E-state index in [2.05, 4.69) is 49.6 Å². The van der Waals surface area contributed by atoms with Gasteiger partial charge >= 0.3 is 0 Å². The smallest absolute Gasteiger partial charge is 0.131 e. The molecule has 1 saturated carbocycles. The molecule has 1 aromatic carbocycles. The second kappa shape index (κ2) is 4.41. The van der Waals surface area contributed by atoms with E-state index in [1.807, 2.05) is 0 Å². The van der Waals surface area contributed by atoms with Crippen molar-refractivity contribution < 1.29 is 0 Å². The van der Waals surface area contributed by atoms with Gasteiger partial charge in [0.1, 0.15) is 17.3 Å². The Bertz CT molecular complexity index is 589. The van der Waals surface area contributed by atoms with E-state index in [4.69, 9.17) is 10.7 Å². The highest BCUT2D eigenvalue weighted by atomic mass is 15.2. The van der Waals surface area contributed by atoms with Crippen molar-refractivity contribution in [2.75, 3.05) is 5.73 Å². The van der Waals surface area contributed by atoms with Crippen molar-refractivity contribution in [2.24, 2.45) is 0 Å². The van der Waals surface area contributed by atoms with Gasteiger partial charge in [0, 0.05) is 17.5 Å². The van der Waals surface area contributed by atoms with Crippen LogP contribution in [0.5, 0.6) is 0 Å². The van der Waals surface area contributed by atoms with Crippen LogP contribution in [0.15, 0.2) is 24.3 Å². The lowest BCUT2D eigenvalue weighted by molar-refractivity contribution is 0.576. The number of rotatable bonds is 3. The molecule has 2 N–H and O–H groups in total. The van der Waals surface area contributed by atoms with Gasteiger partial charge in [0.2, 0.25) is 0 Å². The summed E-state index contributed by atoms with van der Waals surface area (Å²) in [6.45, 7) is 6.43. The van der Waals surface area contributed by atoms with E-state index < -0.39 is 0 Å². The molecule has 0 aliphatic heterocycles. The van der Waals surface area contributed by atoms with Gasteiger partial charge in [-0.15, -0.1) is 0 Å². The van der Waals surface area contributed by atoms with Crippen molar-refractivity contribution in [1.82, 2.24) is 9.55 Å². The maximum Gasteiger partial charge on any atom is 0.131 e. The molecule has 1 aliphatic rings. The third kappa shape index (κ3) is 2.14. The predicted molar refractivity (Wildman–Crippen MR) is 79.2 cm³/mol. The Hall–Kier alpha value is -1.77. The SMILES string of the molecule is Cc1ccc(-c2nc(C3CC3)n(C(C)C)c2N)cc1. The minimum Gasteiger partial charge on any atom is -0.383 e. The lowest BCUT2D eigenvalue weighted by Gasteiger charge is -2.13. The average molecular weight is 255 g/mol. The molecule has 3 heteroatoms. The van der Waals surface area contributed by atoms with E-state index in [1.165, 1.54) is 24.2 Å². The van der Waals surface area contributed by atoms with Gasteiger partial charge in [0.15, 0.2) is 0 Å². The second-order valence-electron chi connectivity index (χ2n) is 5.81. The predicted octanol–water partition coefficient (Wildman–Crippen LogP) is 3.90. The van der Waals surface area contributed by atoms with Gasteiger partial charge in [-0.05, 0) is 33.6 Å². The summed E-state index contributed by atoms with van der Waals surface area (Å²) in [5.74, 6) is 2.59. The fraction of sp³-hybridized carbons (Fsp3) is 0.438. The van der Waals surface area contributed by atoms with Gasteiger partial charge in [-0.25, -0.2) is 4.98 Å². The monoisotopic (exact) mass is 255 g/mol. The molecule has 1 aromatic heterocycles. The van der Waals surface area contributed by atoms with Crippen LogP contribution < -0.4 is 5.73 Å². The molecule has 1 heterocycles. The number of benzene rings is 1. The number of imidazole rings is 1. The number of hydrogen-bond acceptors (Lipinski definition) is 2. The molecule has 0 saturated heterocycles. The molecule has 0 radical (unpaired) electrons. The zero-order valence-electron chi connectivity index (χ0n) is 11.9. The molecule has 0 atom stereocenters. The number of hydrogen-bond donors (Lipinski definition) is 1. The Kier molecular flexibility index (Phi) is 2.85. The first-order valence-electron chi connectivity index (χ1n) is 7.02. The van der Waals surface area contributed by atoms with Gasteiger partial charge in [0.05, 0.1) is 0 Å². The normalized spacial score (nSPS) is 15.2. The van der Waals surface area contributed by atoms with Crippen LogP contribution in [0.1, 0.15) is 50.0 Å². The number of nitrogen functional groups attached to an aromatic ring is 1. The van der Waals surface area contributed by atoms with Crippen LogP contribution in [0.4, 0.5) is 5.82 Å². The van der Waals surface area contributed by atoms with Crippen molar-refractivity contribution in [3.05, 3.63) is 35.7 Å². The van der Waals surface area contributed by atoms with Gasteiger partial charge in [-0.2, -0.15) is 0 Å². The number of anilines is 1. The van der Waals surface area contributed by atoms with Crippen LogP contribution in [0.25, 0.3) is 11.3 Å². The van der Waals surface area contributed by atoms with Crippen molar-refractivity contribution >= 4 is 5.82 Å². The molecule has 19 heavy (non-hydrogen) atoms. The summed E-state index contributed by atoms with van der Waals surface area (Å²) in [6.07, 6.45) is 2.49. The van der Waals surface area contributed by atoms with Crippen LogP contribution in [-0.4, -0.2) is 9.55 Å². The summed E-state index contributed by atoms with van der Waals surface area (Å²) >= 11 is 0. The Morgan fingerprint density at radius 3 is 2.37 bits per heavy atom. The van der Waals surface area contributed by atoms with Gasteiger partial charge < -0.3 is 10.3 Å². The number of aromatic nitrogens is 2. The molecule has 0 spiro atoms. The minimum atomic E-state index is 0.363. The summed E-state index contributed by atoms with van der Waals surface area (Å²) in [6, 6.07) is 8.80. The molecule has 1 aliphatic carbocycles. The summed E-state index contributed by atoms with van der Waals surface area (Å²) in [4.78, 5) is 4.83. The van der Waals surface area contributed by atoms with E-state index >= 15 is 0 Å². The van der Waals surface area contributed by atoms with E-state index in [-0.39, 0.29) is 0 Å². The molecule has 0 unspecified atom stereocenters.